The van der Waals surface area contributed by atoms with Gasteiger partial charge in [-0.05, 0) is 51.6 Å². The highest BCUT2D eigenvalue weighted by Crippen LogP contribution is 2.22. The molecule has 0 aliphatic carbocycles. The predicted octanol–water partition coefficient (Wildman–Crippen LogP) is 5.20. The summed E-state index contributed by atoms with van der Waals surface area (Å²) in [7, 11) is 0. The summed E-state index contributed by atoms with van der Waals surface area (Å²) in [6, 6.07) is 27.3. The van der Waals surface area contributed by atoms with Crippen LogP contribution in [0.2, 0.25) is 0 Å². The van der Waals surface area contributed by atoms with E-state index in [2.05, 4.69) is 79.0 Å². The van der Waals surface area contributed by atoms with Crippen molar-refractivity contribution in [2.75, 3.05) is 6.54 Å². The van der Waals surface area contributed by atoms with Crippen LogP contribution in [0.1, 0.15) is 16.7 Å². The van der Waals surface area contributed by atoms with Gasteiger partial charge in [-0.25, -0.2) is 0 Å². The Morgan fingerprint density at radius 1 is 0.815 bits per heavy atom. The maximum atomic E-state index is 12.5. The fourth-order valence-electron chi connectivity index (χ4n) is 3.64. The molecule has 4 rings (SSSR count). The number of hydrogen-bond acceptors (Lipinski definition) is 1. The summed E-state index contributed by atoms with van der Waals surface area (Å²) < 4.78 is 0. The van der Waals surface area contributed by atoms with Crippen LogP contribution in [0.5, 0.6) is 0 Å². The van der Waals surface area contributed by atoms with E-state index in [4.69, 9.17) is 0 Å². The number of aryl methyl sites for hydroxylation is 1. The molecule has 1 amide bonds. The van der Waals surface area contributed by atoms with E-state index in [1.165, 1.54) is 32.7 Å². The highest BCUT2D eigenvalue weighted by atomic mass is 16.1. The van der Waals surface area contributed by atoms with Crippen molar-refractivity contribution in [3.63, 3.8) is 0 Å². The van der Waals surface area contributed by atoms with Crippen molar-refractivity contribution in [3.8, 4) is 0 Å². The first-order chi connectivity index (χ1) is 13.2. The molecule has 2 heteroatoms. The second-order valence-electron chi connectivity index (χ2n) is 7.04. The molecule has 0 aliphatic heterocycles. The molecule has 0 fully saturated rings. The van der Waals surface area contributed by atoms with Gasteiger partial charge >= 0.3 is 0 Å². The number of rotatable bonds is 5. The number of hydrogen-bond donors (Lipinski definition) is 1. The molecule has 27 heavy (non-hydrogen) atoms. The summed E-state index contributed by atoms with van der Waals surface area (Å²) in [5.41, 5.74) is 3.53. The number of nitrogens with one attached hydrogen (secondary N) is 1. The van der Waals surface area contributed by atoms with Crippen LogP contribution >= 0.6 is 0 Å². The van der Waals surface area contributed by atoms with Gasteiger partial charge in [-0.2, -0.15) is 0 Å². The van der Waals surface area contributed by atoms with Gasteiger partial charge in [0.1, 0.15) is 0 Å². The first kappa shape index (κ1) is 17.3. The molecule has 0 heterocycles. The molecule has 4 aromatic carbocycles. The minimum atomic E-state index is 0.0789. The van der Waals surface area contributed by atoms with Gasteiger partial charge in [0.05, 0.1) is 6.42 Å². The zero-order valence-electron chi connectivity index (χ0n) is 15.5. The first-order valence-electron chi connectivity index (χ1n) is 9.42. The van der Waals surface area contributed by atoms with Crippen molar-refractivity contribution in [3.05, 3.63) is 95.6 Å². The Balaban J connectivity index is 1.40. The van der Waals surface area contributed by atoms with Gasteiger partial charge in [-0.15, -0.1) is 0 Å². The van der Waals surface area contributed by atoms with E-state index in [-0.39, 0.29) is 5.91 Å². The average molecular weight is 353 g/mol. The van der Waals surface area contributed by atoms with Crippen LogP contribution in [0.3, 0.4) is 0 Å². The third-order valence-electron chi connectivity index (χ3n) is 5.16. The fourth-order valence-corrected chi connectivity index (χ4v) is 3.64. The molecular weight excluding hydrogens is 330 g/mol. The topological polar surface area (TPSA) is 29.1 Å². The lowest BCUT2D eigenvalue weighted by atomic mass is 9.97. The van der Waals surface area contributed by atoms with Gasteiger partial charge in [-0.3, -0.25) is 4.79 Å². The van der Waals surface area contributed by atoms with E-state index in [9.17, 15) is 4.79 Å². The van der Waals surface area contributed by atoms with E-state index in [1.807, 2.05) is 12.1 Å². The largest absolute Gasteiger partial charge is 0.355 e. The summed E-state index contributed by atoms with van der Waals surface area (Å²) >= 11 is 0. The molecule has 0 spiro atoms. The van der Waals surface area contributed by atoms with Gasteiger partial charge in [0.25, 0.3) is 0 Å². The fraction of sp³-hybridized carbons (Fsp3) is 0.160. The normalized spacial score (nSPS) is 11.0. The van der Waals surface area contributed by atoms with Crippen molar-refractivity contribution in [1.82, 2.24) is 5.32 Å². The van der Waals surface area contributed by atoms with E-state index < -0.39 is 0 Å². The Morgan fingerprint density at radius 2 is 1.52 bits per heavy atom. The van der Waals surface area contributed by atoms with E-state index in [1.54, 1.807) is 0 Å². The number of carbonyl (C=O) groups excluding carboxylic acids is 1. The Hall–Kier alpha value is -3.13. The molecule has 0 bridgehead atoms. The predicted molar refractivity (Wildman–Crippen MR) is 113 cm³/mol. The Morgan fingerprint density at radius 3 is 2.37 bits per heavy atom. The number of benzene rings is 4. The van der Waals surface area contributed by atoms with Gasteiger partial charge in [0.2, 0.25) is 5.91 Å². The van der Waals surface area contributed by atoms with Crippen molar-refractivity contribution >= 4 is 27.5 Å². The summed E-state index contributed by atoms with van der Waals surface area (Å²) in [5, 5.41) is 7.92. The standard InChI is InChI=1S/C25H23NO/c1-18-10-12-21-7-4-5-9-23(21)24(18)17-25(27)26-15-14-19-11-13-20-6-2-3-8-22(20)16-19/h2-13,16H,14-15,17H2,1H3,(H,26,27). The highest BCUT2D eigenvalue weighted by Gasteiger charge is 2.09. The first-order valence-corrected chi connectivity index (χ1v) is 9.42. The molecule has 0 saturated carbocycles. The maximum Gasteiger partial charge on any atom is 0.224 e. The number of amides is 1. The molecule has 1 N–H and O–H groups in total. The molecule has 0 unspecified atom stereocenters. The van der Waals surface area contributed by atoms with Crippen LogP contribution in [0.15, 0.2) is 78.9 Å². The minimum Gasteiger partial charge on any atom is -0.355 e. The van der Waals surface area contributed by atoms with Crippen molar-refractivity contribution in [2.45, 2.75) is 19.8 Å². The molecule has 0 radical (unpaired) electrons. The van der Waals surface area contributed by atoms with Gasteiger partial charge in [0.15, 0.2) is 0 Å². The molecule has 4 aromatic rings. The van der Waals surface area contributed by atoms with Gasteiger partial charge < -0.3 is 5.32 Å². The average Bonchev–Trinajstić information content (AvgIpc) is 2.70. The number of carbonyl (C=O) groups is 1. The molecule has 0 atom stereocenters. The van der Waals surface area contributed by atoms with Crippen LogP contribution in [-0.4, -0.2) is 12.5 Å². The molecule has 134 valence electrons. The summed E-state index contributed by atoms with van der Waals surface area (Å²) in [5.74, 6) is 0.0789. The third kappa shape index (κ3) is 3.85. The molecule has 0 saturated heterocycles. The van der Waals surface area contributed by atoms with Crippen molar-refractivity contribution < 1.29 is 4.79 Å². The third-order valence-corrected chi connectivity index (χ3v) is 5.16. The van der Waals surface area contributed by atoms with E-state index in [0.717, 1.165) is 12.0 Å². The van der Waals surface area contributed by atoms with Gasteiger partial charge in [0, 0.05) is 6.54 Å². The molecule has 0 aliphatic rings. The lowest BCUT2D eigenvalue weighted by Gasteiger charge is -2.11. The summed E-state index contributed by atoms with van der Waals surface area (Å²) in [4.78, 5) is 12.5. The van der Waals surface area contributed by atoms with Gasteiger partial charge in [-0.1, -0.05) is 78.9 Å². The Bertz CT molecular complexity index is 1110. The second kappa shape index (κ2) is 7.63. The SMILES string of the molecule is Cc1ccc2ccccc2c1CC(=O)NCCc1ccc2ccccc2c1. The zero-order chi connectivity index (χ0) is 18.6. The second-order valence-corrected chi connectivity index (χ2v) is 7.04. The van der Waals surface area contributed by atoms with Crippen molar-refractivity contribution in [1.29, 1.82) is 0 Å². The highest BCUT2D eigenvalue weighted by molar-refractivity contribution is 5.91. The quantitative estimate of drug-likeness (QED) is 0.525. The molecule has 0 aromatic heterocycles. The van der Waals surface area contributed by atoms with E-state index >= 15 is 0 Å². The summed E-state index contributed by atoms with van der Waals surface area (Å²) in [6.07, 6.45) is 1.26. The minimum absolute atomic E-state index is 0.0789. The van der Waals surface area contributed by atoms with Crippen LogP contribution in [0, 0.1) is 6.92 Å². The lowest BCUT2D eigenvalue weighted by Crippen LogP contribution is -2.27. The molecular formula is C25H23NO. The molecule has 2 nitrogen and oxygen atoms in total. The van der Waals surface area contributed by atoms with Crippen LogP contribution < -0.4 is 5.32 Å². The van der Waals surface area contributed by atoms with Crippen molar-refractivity contribution in [2.24, 2.45) is 0 Å². The Labute approximate surface area is 159 Å². The Kier molecular flexibility index (Phi) is 4.88. The smallest absolute Gasteiger partial charge is 0.224 e. The number of fused-ring (bicyclic) bond motifs is 2. The summed E-state index contributed by atoms with van der Waals surface area (Å²) in [6.45, 7) is 2.73. The van der Waals surface area contributed by atoms with Crippen LogP contribution in [0.4, 0.5) is 0 Å². The van der Waals surface area contributed by atoms with Crippen LogP contribution in [0.25, 0.3) is 21.5 Å². The monoisotopic (exact) mass is 353 g/mol. The lowest BCUT2D eigenvalue weighted by molar-refractivity contribution is -0.120. The van der Waals surface area contributed by atoms with Crippen LogP contribution in [-0.2, 0) is 17.6 Å². The zero-order valence-corrected chi connectivity index (χ0v) is 15.5. The maximum absolute atomic E-state index is 12.5. The van der Waals surface area contributed by atoms with E-state index in [0.29, 0.717) is 13.0 Å².